The van der Waals surface area contributed by atoms with E-state index in [0.717, 1.165) is 42.1 Å². The van der Waals surface area contributed by atoms with Crippen LogP contribution in [0, 0.1) is 13.8 Å². The van der Waals surface area contributed by atoms with Crippen molar-refractivity contribution in [2.75, 3.05) is 44.7 Å². The monoisotopic (exact) mass is 790 g/mol. The van der Waals surface area contributed by atoms with Crippen LogP contribution in [0.15, 0.2) is 48.5 Å². The average molecular weight is 791 g/mol. The van der Waals surface area contributed by atoms with Crippen molar-refractivity contribution >= 4 is 51.5 Å². The van der Waals surface area contributed by atoms with Gasteiger partial charge in [0.25, 0.3) is 11.8 Å². The number of carbonyl (C=O) groups is 4. The highest BCUT2D eigenvalue weighted by molar-refractivity contribution is 6.03. The van der Waals surface area contributed by atoms with Gasteiger partial charge in [0.15, 0.2) is 5.78 Å². The molecule has 0 unspecified atom stereocenters. The highest BCUT2D eigenvalue weighted by Crippen LogP contribution is 2.25. The summed E-state index contributed by atoms with van der Waals surface area (Å²) >= 11 is 0. The van der Waals surface area contributed by atoms with Gasteiger partial charge in [0.2, 0.25) is 11.9 Å². The first-order valence-electron chi connectivity index (χ1n) is 19.8. The maximum atomic E-state index is 13.7. The number of nitrogens with one attached hydrogen (secondary N) is 2. The second-order valence-electron chi connectivity index (χ2n) is 14.5. The van der Waals surface area contributed by atoms with Gasteiger partial charge in [0.1, 0.15) is 17.2 Å². The van der Waals surface area contributed by atoms with E-state index in [4.69, 9.17) is 20.4 Å². The van der Waals surface area contributed by atoms with Crippen molar-refractivity contribution in [3.63, 3.8) is 0 Å². The minimum atomic E-state index is -0.572. The first-order chi connectivity index (χ1) is 28.0. The van der Waals surface area contributed by atoms with Crippen LogP contribution >= 0.6 is 0 Å². The van der Waals surface area contributed by atoms with Gasteiger partial charge in [-0.1, -0.05) is 0 Å². The van der Waals surface area contributed by atoms with E-state index in [2.05, 4.69) is 30.3 Å². The van der Waals surface area contributed by atoms with E-state index in [9.17, 15) is 19.2 Å². The van der Waals surface area contributed by atoms with E-state index in [-0.39, 0.29) is 24.0 Å². The number of primary amides is 1. The first-order valence-corrected chi connectivity index (χ1v) is 19.8. The Morgan fingerprint density at radius 1 is 0.741 bits per heavy atom. The van der Waals surface area contributed by atoms with Gasteiger partial charge in [-0.3, -0.25) is 38.8 Å². The maximum absolute atomic E-state index is 13.7. The molecule has 1 saturated heterocycles. The number of imidazole rings is 2. The number of hydrogen-bond acceptors (Lipinski definition) is 10. The second kappa shape index (κ2) is 17.5. The second-order valence-corrected chi connectivity index (χ2v) is 14.5. The van der Waals surface area contributed by atoms with Crippen LogP contribution in [0.3, 0.4) is 0 Å². The van der Waals surface area contributed by atoms with Gasteiger partial charge in [0.05, 0.1) is 53.1 Å². The van der Waals surface area contributed by atoms with E-state index in [1.54, 1.807) is 51.8 Å². The molecule has 6 aromatic rings. The van der Waals surface area contributed by atoms with Crippen molar-refractivity contribution < 1.29 is 23.9 Å². The van der Waals surface area contributed by atoms with Gasteiger partial charge in [-0.15, -0.1) is 0 Å². The quantitative estimate of drug-likeness (QED) is 0.0903. The van der Waals surface area contributed by atoms with Gasteiger partial charge in [-0.05, 0) is 89.1 Å². The normalized spacial score (nSPS) is 13.4. The molecule has 304 valence electrons. The summed E-state index contributed by atoms with van der Waals surface area (Å²) in [6.07, 6.45) is 1.40. The topological polar surface area (TPSA) is 202 Å². The minimum absolute atomic E-state index is 0.0548. The molecule has 1 fully saturated rings. The summed E-state index contributed by atoms with van der Waals surface area (Å²) in [5.74, 6) is -0.275. The predicted octanol–water partition coefficient (Wildman–Crippen LogP) is 3.75. The number of unbranched alkanes of at least 4 members (excludes halogenated alkanes) is 1. The van der Waals surface area contributed by atoms with E-state index in [1.165, 1.54) is 0 Å². The lowest BCUT2D eigenvalue weighted by Crippen LogP contribution is -2.41. The molecule has 3 amide bonds. The largest absolute Gasteiger partial charge is 0.379 e. The Balaban J connectivity index is 1.12. The fraction of sp³-hybridized carbons (Fsp3) is 0.415. The SMILES string of the molecule is CCn1nc(C)cc1C(=O)Cc1nc2cc(C(=O)NCCN3CCOCC3)ccc2n1CCCCn1c(NC(=O)c2cc(C)nn2CC)nc2cc(C(N)=O)ccc21. The standard InChI is InChI=1S/C41H50N12O5/c1-5-52-34(21-26(3)47-52)36(54)25-37-44-30-24-29(39(56)43-13-16-49-17-19-58-20-18-49)10-12-32(30)50(37)14-7-8-15-51-33-11-9-28(38(42)55)23-31(33)45-41(51)46-40(57)35-22-27(4)48-53(35)6-2/h9-12,21-24H,5-8,13-20,25H2,1-4H3,(H2,42,55)(H,43,56)(H,45,46,57). The Morgan fingerprint density at radius 2 is 1.34 bits per heavy atom. The fourth-order valence-electron chi connectivity index (χ4n) is 7.48. The van der Waals surface area contributed by atoms with Crippen LogP contribution in [0.2, 0.25) is 0 Å². The number of aryl methyl sites for hydroxylation is 6. The fourth-order valence-corrected chi connectivity index (χ4v) is 7.48. The number of benzene rings is 2. The number of hydrogen-bond donors (Lipinski definition) is 3. The summed E-state index contributed by atoms with van der Waals surface area (Å²) in [6, 6.07) is 14.1. The Bertz CT molecular complexity index is 2480. The minimum Gasteiger partial charge on any atom is -0.379 e. The van der Waals surface area contributed by atoms with Gasteiger partial charge in [-0.25, -0.2) is 9.97 Å². The molecular formula is C41H50N12O5. The molecular weight excluding hydrogens is 741 g/mol. The number of anilines is 1. The third kappa shape index (κ3) is 8.69. The highest BCUT2D eigenvalue weighted by atomic mass is 16.5. The number of carbonyl (C=O) groups excluding carboxylic acids is 4. The number of nitrogens with two attached hydrogens (primary N) is 1. The molecule has 1 aliphatic heterocycles. The van der Waals surface area contributed by atoms with Crippen molar-refractivity contribution in [3.8, 4) is 0 Å². The van der Waals surface area contributed by atoms with Crippen LogP contribution < -0.4 is 16.4 Å². The van der Waals surface area contributed by atoms with Crippen molar-refractivity contribution in [1.29, 1.82) is 0 Å². The molecule has 2 aromatic carbocycles. The summed E-state index contributed by atoms with van der Waals surface area (Å²) < 4.78 is 12.7. The van der Waals surface area contributed by atoms with Gasteiger partial charge in [-0.2, -0.15) is 10.2 Å². The summed E-state index contributed by atoms with van der Waals surface area (Å²) in [6.45, 7) is 14.0. The predicted molar refractivity (Wildman–Crippen MR) is 218 cm³/mol. The average Bonchev–Trinajstić information content (AvgIpc) is 3.98. The zero-order chi connectivity index (χ0) is 40.9. The molecule has 58 heavy (non-hydrogen) atoms. The third-order valence-electron chi connectivity index (χ3n) is 10.4. The highest BCUT2D eigenvalue weighted by Gasteiger charge is 2.22. The number of aromatic nitrogens is 8. The van der Waals surface area contributed by atoms with Gasteiger partial charge in [0, 0.05) is 63.5 Å². The Kier molecular flexibility index (Phi) is 12.1. The van der Waals surface area contributed by atoms with Crippen molar-refractivity contribution in [1.82, 2.24) is 48.9 Å². The molecule has 0 saturated carbocycles. The smallest absolute Gasteiger partial charge is 0.276 e. The lowest BCUT2D eigenvalue weighted by Gasteiger charge is -2.26. The number of nitrogens with zero attached hydrogens (tertiary/aromatic N) is 9. The van der Waals surface area contributed by atoms with E-state index >= 15 is 0 Å². The zero-order valence-electron chi connectivity index (χ0n) is 33.5. The number of ketones is 1. The first kappa shape index (κ1) is 40.0. The van der Waals surface area contributed by atoms with Crippen LogP contribution in [-0.2, 0) is 37.3 Å². The molecule has 0 bridgehead atoms. The van der Waals surface area contributed by atoms with Gasteiger partial charge >= 0.3 is 0 Å². The van der Waals surface area contributed by atoms with Crippen molar-refractivity contribution in [2.24, 2.45) is 5.73 Å². The van der Waals surface area contributed by atoms with Gasteiger partial charge < -0.3 is 24.9 Å². The molecule has 7 rings (SSSR count). The molecule has 0 atom stereocenters. The summed E-state index contributed by atoms with van der Waals surface area (Å²) in [5.41, 5.74) is 11.5. The molecule has 0 spiro atoms. The molecule has 1 aliphatic rings. The van der Waals surface area contributed by atoms with E-state index in [1.807, 2.05) is 38.3 Å². The third-order valence-corrected chi connectivity index (χ3v) is 10.4. The molecule has 4 aromatic heterocycles. The number of morpholine rings is 1. The van der Waals surface area contributed by atoms with E-state index in [0.29, 0.717) is 104 Å². The lowest BCUT2D eigenvalue weighted by molar-refractivity contribution is 0.0383. The summed E-state index contributed by atoms with van der Waals surface area (Å²) in [4.78, 5) is 64.3. The number of fused-ring (bicyclic) bond motifs is 2. The molecule has 4 N–H and O–H groups in total. The van der Waals surface area contributed by atoms with Crippen LogP contribution in [-0.4, -0.2) is 106 Å². The lowest BCUT2D eigenvalue weighted by atomic mass is 10.1. The number of amides is 3. The van der Waals surface area contributed by atoms with Crippen LogP contribution in [0.25, 0.3) is 22.1 Å². The Hall–Kier alpha value is -6.20. The number of rotatable bonds is 17. The van der Waals surface area contributed by atoms with Crippen LogP contribution in [0.4, 0.5) is 5.95 Å². The van der Waals surface area contributed by atoms with Crippen LogP contribution in [0.5, 0.6) is 0 Å². The van der Waals surface area contributed by atoms with Crippen molar-refractivity contribution in [3.05, 3.63) is 88.3 Å². The Morgan fingerprint density at radius 3 is 2.03 bits per heavy atom. The summed E-state index contributed by atoms with van der Waals surface area (Å²) in [7, 11) is 0. The Labute approximate surface area is 335 Å². The van der Waals surface area contributed by atoms with Crippen molar-refractivity contribution in [2.45, 2.75) is 73.1 Å². The molecule has 17 nitrogen and oxygen atoms in total. The zero-order valence-corrected chi connectivity index (χ0v) is 33.5. The number of Topliss-reactive ketones (excluding diaryl/α,β-unsaturated/α-hetero) is 1. The molecule has 0 aliphatic carbocycles. The number of ether oxygens (including phenoxy) is 1. The van der Waals surface area contributed by atoms with E-state index < -0.39 is 5.91 Å². The van der Waals surface area contributed by atoms with Crippen LogP contribution in [0.1, 0.15) is 85.6 Å². The molecule has 0 radical (unpaired) electrons. The molecule has 17 heteroatoms. The molecule has 5 heterocycles. The maximum Gasteiger partial charge on any atom is 0.276 e. The summed E-state index contributed by atoms with van der Waals surface area (Å²) in [5, 5.41) is 14.9.